The van der Waals surface area contributed by atoms with Gasteiger partial charge in [0, 0.05) is 35.5 Å². The van der Waals surface area contributed by atoms with Crippen LogP contribution in [0.3, 0.4) is 0 Å². The van der Waals surface area contributed by atoms with Gasteiger partial charge in [-0.3, -0.25) is 10.2 Å². The van der Waals surface area contributed by atoms with Crippen LogP contribution < -0.4 is 11.2 Å². The number of hydroxylamine groups is 1. The Morgan fingerprint density at radius 1 is 1.57 bits per heavy atom. The van der Waals surface area contributed by atoms with E-state index in [0.717, 1.165) is 26.2 Å². The van der Waals surface area contributed by atoms with Gasteiger partial charge in [-0.25, -0.2) is 10.5 Å². The molecule has 0 amide bonds. The van der Waals surface area contributed by atoms with E-state index in [-0.39, 0.29) is 11.9 Å². The van der Waals surface area contributed by atoms with E-state index < -0.39 is 6.04 Å². The van der Waals surface area contributed by atoms with Crippen LogP contribution >= 0.6 is 27.3 Å². The Kier molecular flexibility index (Phi) is 4.47. The van der Waals surface area contributed by atoms with E-state index in [1.165, 1.54) is 0 Å². The summed E-state index contributed by atoms with van der Waals surface area (Å²) in [6, 6.07) is 3.37. The zero-order chi connectivity index (χ0) is 16.6. The van der Waals surface area contributed by atoms with Crippen molar-refractivity contribution in [3.8, 4) is 0 Å². The maximum absolute atomic E-state index is 8.97. The fourth-order valence-corrected chi connectivity index (χ4v) is 4.36. The van der Waals surface area contributed by atoms with Crippen LogP contribution in [-0.4, -0.2) is 21.9 Å². The molecule has 120 valence electrons. The van der Waals surface area contributed by atoms with Crippen molar-refractivity contribution in [2.24, 2.45) is 10.7 Å². The maximum Gasteiger partial charge on any atom is 0.213 e. The molecule has 8 heteroatoms. The zero-order valence-electron chi connectivity index (χ0n) is 12.4. The molecule has 2 aromatic heterocycles. The lowest BCUT2D eigenvalue weighted by Crippen LogP contribution is -2.34. The Labute approximate surface area is 146 Å². The second kappa shape index (κ2) is 6.38. The van der Waals surface area contributed by atoms with Gasteiger partial charge in [-0.05, 0) is 51.5 Å². The van der Waals surface area contributed by atoms with Gasteiger partial charge in [0.05, 0.1) is 3.79 Å². The molecule has 0 bridgehead atoms. The number of aryl methyl sites for hydroxylation is 1. The van der Waals surface area contributed by atoms with Crippen LogP contribution in [0.25, 0.3) is 0 Å². The monoisotopic (exact) mass is 393 g/mol. The average molecular weight is 394 g/mol. The summed E-state index contributed by atoms with van der Waals surface area (Å²) in [5, 5.41) is 19.6. The van der Waals surface area contributed by atoms with Crippen LogP contribution in [0.1, 0.15) is 34.3 Å². The Morgan fingerprint density at radius 2 is 2.35 bits per heavy atom. The van der Waals surface area contributed by atoms with E-state index in [1.54, 1.807) is 17.5 Å². The van der Waals surface area contributed by atoms with Crippen molar-refractivity contribution >= 4 is 38.9 Å². The third kappa shape index (κ3) is 2.89. The van der Waals surface area contributed by atoms with Crippen LogP contribution in [0.15, 0.2) is 32.5 Å². The third-order valence-corrected chi connectivity index (χ3v) is 5.77. The van der Waals surface area contributed by atoms with Gasteiger partial charge in [0.15, 0.2) is 0 Å². The molecule has 1 aliphatic carbocycles. The first-order valence-electron chi connectivity index (χ1n) is 7.02. The Balaban J connectivity index is 2.14. The first-order valence-corrected chi connectivity index (χ1v) is 8.69. The number of aromatic nitrogens is 1. The molecule has 0 saturated carbocycles. The number of nitrogens with zero attached hydrogens (tertiary/aromatic N) is 2. The van der Waals surface area contributed by atoms with E-state index >= 15 is 0 Å². The minimum absolute atomic E-state index is 0.112. The minimum atomic E-state index is -0.552. The highest BCUT2D eigenvalue weighted by Gasteiger charge is 2.36. The topological polar surface area (TPSA) is 107 Å². The van der Waals surface area contributed by atoms with Crippen molar-refractivity contribution in [3.05, 3.63) is 49.9 Å². The summed E-state index contributed by atoms with van der Waals surface area (Å²) in [5.74, 6) is -0.225. The molecule has 0 saturated heterocycles. The zero-order valence-corrected chi connectivity index (χ0v) is 14.8. The number of halogens is 1. The molecular formula is C15H16BrN5OS. The number of hydrogen-bond donors (Lipinski definition) is 4. The van der Waals surface area contributed by atoms with E-state index in [4.69, 9.17) is 16.4 Å². The molecule has 2 aromatic rings. The fraction of sp³-hybridized carbons (Fsp3) is 0.267. The summed E-state index contributed by atoms with van der Waals surface area (Å²) >= 11 is 5.15. The summed E-state index contributed by atoms with van der Waals surface area (Å²) < 4.78 is 1.01. The van der Waals surface area contributed by atoms with E-state index in [2.05, 4.69) is 25.9 Å². The van der Waals surface area contributed by atoms with Gasteiger partial charge < -0.3 is 11.1 Å². The molecule has 0 aliphatic heterocycles. The van der Waals surface area contributed by atoms with E-state index in [9.17, 15) is 0 Å². The fourth-order valence-electron chi connectivity index (χ4n) is 2.94. The molecule has 2 heterocycles. The number of guanidine groups is 1. The highest BCUT2D eigenvalue weighted by atomic mass is 79.9. The molecule has 3 rings (SSSR count). The van der Waals surface area contributed by atoms with Crippen LogP contribution in [-0.2, 0) is 6.42 Å². The van der Waals surface area contributed by atoms with Crippen molar-refractivity contribution in [1.82, 2.24) is 10.5 Å². The summed E-state index contributed by atoms with van der Waals surface area (Å²) in [7, 11) is 0. The van der Waals surface area contributed by atoms with Crippen LogP contribution in [0.2, 0.25) is 0 Å². The number of rotatable bonds is 2. The van der Waals surface area contributed by atoms with Crippen molar-refractivity contribution < 1.29 is 5.21 Å². The first-order chi connectivity index (χ1) is 11.0. The second-order valence-electron chi connectivity index (χ2n) is 5.38. The molecule has 6 nitrogen and oxygen atoms in total. The normalized spacial score (nSPS) is 21.2. The second-order valence-corrected chi connectivity index (χ2v) is 7.61. The number of nitrogens with one attached hydrogen (secondary N) is 2. The van der Waals surface area contributed by atoms with Crippen LogP contribution in [0, 0.1) is 12.3 Å². The first kappa shape index (κ1) is 16.1. The number of aliphatic imine (C=N–C) groups is 1. The lowest BCUT2D eigenvalue weighted by molar-refractivity contribution is 0.232. The number of hydrogen-bond acceptors (Lipinski definition) is 5. The standard InChI is InChI=1S/C15H16BrN5OS/c1-7-2-4-19-10-6-9(8-3-5-23-14(8)16)12(17)13(11(7)10)20-15(18)21-22/h2-5,9,13,17,22H,6H2,1H3,(H3,18,20,21). The number of pyridine rings is 1. The summed E-state index contributed by atoms with van der Waals surface area (Å²) in [6.07, 6.45) is 2.43. The molecule has 0 spiro atoms. The largest absolute Gasteiger partial charge is 0.368 e. The molecule has 2 atom stereocenters. The minimum Gasteiger partial charge on any atom is -0.368 e. The predicted octanol–water partition coefficient (Wildman–Crippen LogP) is 2.91. The van der Waals surface area contributed by atoms with Crippen molar-refractivity contribution in [2.75, 3.05) is 0 Å². The number of fused-ring (bicyclic) bond motifs is 1. The van der Waals surface area contributed by atoms with Crippen molar-refractivity contribution in [1.29, 1.82) is 5.41 Å². The molecule has 0 fully saturated rings. The van der Waals surface area contributed by atoms with Gasteiger partial charge in [-0.1, -0.05) is 0 Å². The lowest BCUT2D eigenvalue weighted by atomic mass is 9.77. The number of thiophene rings is 1. The predicted molar refractivity (Wildman–Crippen MR) is 94.5 cm³/mol. The summed E-state index contributed by atoms with van der Waals surface area (Å²) in [5.41, 5.74) is 11.8. The molecule has 0 radical (unpaired) electrons. The van der Waals surface area contributed by atoms with Crippen LogP contribution in [0.4, 0.5) is 0 Å². The molecule has 5 N–H and O–H groups in total. The maximum atomic E-state index is 8.97. The SMILES string of the molecule is Cc1ccnc2c1C(N=C(N)NO)C(=N)C(c1ccsc1Br)C2. The van der Waals surface area contributed by atoms with Crippen molar-refractivity contribution in [2.45, 2.75) is 25.3 Å². The number of nitrogens with two attached hydrogens (primary N) is 1. The van der Waals surface area contributed by atoms with Gasteiger partial charge in [0.2, 0.25) is 5.96 Å². The Morgan fingerprint density at radius 3 is 3.00 bits per heavy atom. The Hall–Kier alpha value is -1.77. The lowest BCUT2D eigenvalue weighted by Gasteiger charge is -2.31. The van der Waals surface area contributed by atoms with Crippen molar-refractivity contribution in [3.63, 3.8) is 0 Å². The van der Waals surface area contributed by atoms with Gasteiger partial charge in [0.25, 0.3) is 0 Å². The smallest absolute Gasteiger partial charge is 0.213 e. The van der Waals surface area contributed by atoms with E-state index in [1.807, 2.05) is 29.9 Å². The molecule has 23 heavy (non-hydrogen) atoms. The molecular weight excluding hydrogens is 378 g/mol. The highest BCUT2D eigenvalue weighted by Crippen LogP contribution is 2.42. The third-order valence-electron chi connectivity index (χ3n) is 4.04. The summed E-state index contributed by atoms with van der Waals surface area (Å²) in [4.78, 5) is 8.77. The Bertz CT molecular complexity index is 788. The van der Waals surface area contributed by atoms with Gasteiger partial charge in [0.1, 0.15) is 6.04 Å². The molecule has 0 aromatic carbocycles. The van der Waals surface area contributed by atoms with E-state index in [0.29, 0.717) is 12.1 Å². The molecule has 2 unspecified atom stereocenters. The van der Waals surface area contributed by atoms with Gasteiger partial charge in [-0.2, -0.15) is 0 Å². The van der Waals surface area contributed by atoms with Gasteiger partial charge in [-0.15, -0.1) is 11.3 Å². The average Bonchev–Trinajstić information content (AvgIpc) is 2.95. The van der Waals surface area contributed by atoms with Crippen LogP contribution in [0.5, 0.6) is 0 Å². The molecule has 1 aliphatic rings. The summed E-state index contributed by atoms with van der Waals surface area (Å²) in [6.45, 7) is 1.97. The van der Waals surface area contributed by atoms with Gasteiger partial charge >= 0.3 is 0 Å². The quantitative estimate of drug-likeness (QED) is 0.357. The highest BCUT2D eigenvalue weighted by molar-refractivity contribution is 9.11.